The van der Waals surface area contributed by atoms with Gasteiger partial charge in [-0.1, -0.05) is 29.8 Å². The highest BCUT2D eigenvalue weighted by Crippen LogP contribution is 2.20. The van der Waals surface area contributed by atoms with Gasteiger partial charge in [-0.25, -0.2) is 8.78 Å². The lowest BCUT2D eigenvalue weighted by atomic mass is 10.2. The summed E-state index contributed by atoms with van der Waals surface area (Å²) in [5.74, 6) is -1.50. The highest BCUT2D eigenvalue weighted by Gasteiger charge is 2.07. The van der Waals surface area contributed by atoms with Gasteiger partial charge in [0.25, 0.3) is 0 Å². The van der Waals surface area contributed by atoms with Crippen LogP contribution in [0.25, 0.3) is 0 Å². The summed E-state index contributed by atoms with van der Waals surface area (Å²) < 4.78 is 26.1. The molecule has 0 saturated carbocycles. The first-order valence-electron chi connectivity index (χ1n) is 5.15. The fourth-order valence-corrected chi connectivity index (χ4v) is 1.52. The van der Waals surface area contributed by atoms with Crippen molar-refractivity contribution < 1.29 is 8.78 Å². The molecule has 2 rings (SSSR count). The largest absolute Gasteiger partial charge is 0.279 e. The van der Waals surface area contributed by atoms with E-state index in [1.54, 1.807) is 0 Å². The lowest BCUT2D eigenvalue weighted by molar-refractivity contribution is 0.583. The van der Waals surface area contributed by atoms with Crippen molar-refractivity contribution in [2.24, 2.45) is 5.10 Å². The summed E-state index contributed by atoms with van der Waals surface area (Å²) in [7, 11) is 0. The van der Waals surface area contributed by atoms with Crippen LogP contribution in [0.3, 0.4) is 0 Å². The van der Waals surface area contributed by atoms with Gasteiger partial charge < -0.3 is 0 Å². The van der Waals surface area contributed by atoms with E-state index in [0.29, 0.717) is 0 Å². The number of benzene rings is 2. The SMILES string of the molecule is Fc1cc(F)c(Cl)c(C=NNc2ccccc2)c1. The second kappa shape index (κ2) is 5.60. The fraction of sp³-hybridized carbons (Fsp3) is 0. The van der Waals surface area contributed by atoms with Gasteiger partial charge in [0, 0.05) is 11.6 Å². The molecule has 0 saturated heterocycles. The van der Waals surface area contributed by atoms with E-state index < -0.39 is 11.6 Å². The van der Waals surface area contributed by atoms with Crippen LogP contribution in [-0.4, -0.2) is 6.21 Å². The van der Waals surface area contributed by atoms with Crippen molar-refractivity contribution in [1.82, 2.24) is 0 Å². The predicted molar refractivity (Wildman–Crippen MR) is 69.0 cm³/mol. The van der Waals surface area contributed by atoms with Gasteiger partial charge in [-0.2, -0.15) is 5.10 Å². The number of para-hydroxylation sites is 1. The normalized spacial score (nSPS) is 10.8. The molecule has 0 bridgehead atoms. The topological polar surface area (TPSA) is 24.4 Å². The van der Waals surface area contributed by atoms with Crippen molar-refractivity contribution in [3.8, 4) is 0 Å². The van der Waals surface area contributed by atoms with E-state index in [9.17, 15) is 8.78 Å². The van der Waals surface area contributed by atoms with Crippen LogP contribution in [0.15, 0.2) is 47.6 Å². The molecule has 0 aliphatic rings. The molecule has 2 nitrogen and oxygen atoms in total. The quantitative estimate of drug-likeness (QED) is 0.506. The van der Waals surface area contributed by atoms with Crippen molar-refractivity contribution in [1.29, 1.82) is 0 Å². The third kappa shape index (κ3) is 3.05. The van der Waals surface area contributed by atoms with Crippen molar-refractivity contribution in [3.05, 3.63) is 64.7 Å². The number of hydrazone groups is 1. The zero-order valence-corrected chi connectivity index (χ0v) is 9.96. The number of hydrogen-bond acceptors (Lipinski definition) is 2. The fourth-order valence-electron chi connectivity index (χ4n) is 1.36. The Morgan fingerprint density at radius 3 is 2.56 bits per heavy atom. The van der Waals surface area contributed by atoms with Crippen LogP contribution in [0.1, 0.15) is 5.56 Å². The summed E-state index contributed by atoms with van der Waals surface area (Å²) in [6.07, 6.45) is 1.27. The molecule has 2 aromatic rings. The summed E-state index contributed by atoms with van der Waals surface area (Å²) in [5.41, 5.74) is 3.67. The van der Waals surface area contributed by atoms with Crippen LogP contribution in [0.4, 0.5) is 14.5 Å². The molecule has 0 atom stereocenters. The first kappa shape index (κ1) is 12.5. The average Bonchev–Trinajstić information content (AvgIpc) is 2.36. The molecule has 2 aromatic carbocycles. The molecule has 0 heterocycles. The molecular formula is C13H9ClF2N2. The number of rotatable bonds is 3. The number of nitrogens with zero attached hydrogens (tertiary/aromatic N) is 1. The van der Waals surface area contributed by atoms with Crippen LogP contribution < -0.4 is 5.43 Å². The highest BCUT2D eigenvalue weighted by atomic mass is 35.5. The van der Waals surface area contributed by atoms with Crippen molar-refractivity contribution in [2.75, 3.05) is 5.43 Å². The Bertz CT molecular complexity index is 571. The van der Waals surface area contributed by atoms with Crippen LogP contribution in [0, 0.1) is 11.6 Å². The zero-order chi connectivity index (χ0) is 13.0. The van der Waals surface area contributed by atoms with Gasteiger partial charge >= 0.3 is 0 Å². The summed E-state index contributed by atoms with van der Waals surface area (Å²) in [6, 6.07) is 11.0. The second-order valence-corrected chi connectivity index (χ2v) is 3.90. The maximum atomic E-state index is 13.1. The predicted octanol–water partition coefficient (Wildman–Crippen LogP) is 4.06. The Morgan fingerprint density at radius 2 is 1.83 bits per heavy atom. The number of hydrogen-bond donors (Lipinski definition) is 1. The number of nitrogens with one attached hydrogen (secondary N) is 1. The van der Waals surface area contributed by atoms with Crippen molar-refractivity contribution in [2.45, 2.75) is 0 Å². The van der Waals surface area contributed by atoms with E-state index in [-0.39, 0.29) is 10.6 Å². The average molecular weight is 267 g/mol. The highest BCUT2D eigenvalue weighted by molar-refractivity contribution is 6.33. The van der Waals surface area contributed by atoms with E-state index in [0.717, 1.165) is 17.8 Å². The van der Waals surface area contributed by atoms with Gasteiger partial charge in [0.15, 0.2) is 0 Å². The Labute approximate surface area is 108 Å². The minimum atomic E-state index is -0.808. The monoisotopic (exact) mass is 266 g/mol. The molecule has 1 N–H and O–H groups in total. The summed E-state index contributed by atoms with van der Waals surface area (Å²) >= 11 is 5.69. The Balaban J connectivity index is 2.15. The van der Waals surface area contributed by atoms with E-state index in [1.165, 1.54) is 6.21 Å². The van der Waals surface area contributed by atoms with Crippen LogP contribution in [0.2, 0.25) is 5.02 Å². The first-order valence-corrected chi connectivity index (χ1v) is 5.53. The van der Waals surface area contributed by atoms with Gasteiger partial charge in [0.1, 0.15) is 11.6 Å². The van der Waals surface area contributed by atoms with Crippen LogP contribution in [0.5, 0.6) is 0 Å². The van der Waals surface area contributed by atoms with Crippen LogP contribution in [-0.2, 0) is 0 Å². The maximum absolute atomic E-state index is 13.1. The lowest BCUT2D eigenvalue weighted by Gasteiger charge is -2.01. The summed E-state index contributed by atoms with van der Waals surface area (Å²) in [6.45, 7) is 0. The molecular weight excluding hydrogens is 258 g/mol. The molecule has 18 heavy (non-hydrogen) atoms. The van der Waals surface area contributed by atoms with Gasteiger partial charge in [0.05, 0.1) is 16.9 Å². The number of anilines is 1. The second-order valence-electron chi connectivity index (χ2n) is 3.53. The van der Waals surface area contributed by atoms with Gasteiger partial charge in [0.2, 0.25) is 0 Å². The number of halogens is 3. The van der Waals surface area contributed by atoms with Gasteiger partial charge in [-0.05, 0) is 18.2 Å². The van der Waals surface area contributed by atoms with Gasteiger partial charge in [-0.3, -0.25) is 5.43 Å². The van der Waals surface area contributed by atoms with E-state index in [4.69, 9.17) is 11.6 Å². The summed E-state index contributed by atoms with van der Waals surface area (Å²) in [5, 5.41) is 3.70. The van der Waals surface area contributed by atoms with E-state index in [1.807, 2.05) is 30.3 Å². The Kier molecular flexibility index (Phi) is 3.89. The minimum absolute atomic E-state index is 0.157. The van der Waals surface area contributed by atoms with Gasteiger partial charge in [-0.15, -0.1) is 0 Å². The lowest BCUT2D eigenvalue weighted by Crippen LogP contribution is -1.94. The minimum Gasteiger partial charge on any atom is -0.279 e. The van der Waals surface area contributed by atoms with Crippen molar-refractivity contribution >= 4 is 23.5 Å². The molecule has 92 valence electrons. The molecule has 0 aromatic heterocycles. The smallest absolute Gasteiger partial charge is 0.145 e. The molecule has 0 aliphatic heterocycles. The molecule has 0 aliphatic carbocycles. The maximum Gasteiger partial charge on any atom is 0.145 e. The third-order valence-corrected chi connectivity index (χ3v) is 2.59. The first-order chi connectivity index (χ1) is 8.66. The van der Waals surface area contributed by atoms with E-state index >= 15 is 0 Å². The molecule has 0 spiro atoms. The standard InChI is InChI=1S/C13H9ClF2N2/c14-13-9(6-10(15)7-12(13)16)8-17-18-11-4-2-1-3-5-11/h1-8,18H. The third-order valence-electron chi connectivity index (χ3n) is 2.19. The zero-order valence-electron chi connectivity index (χ0n) is 9.20. The molecule has 0 unspecified atom stereocenters. The Hall–Kier alpha value is -1.94. The summed E-state index contributed by atoms with van der Waals surface area (Å²) in [4.78, 5) is 0. The molecule has 0 radical (unpaired) electrons. The van der Waals surface area contributed by atoms with Crippen molar-refractivity contribution in [3.63, 3.8) is 0 Å². The van der Waals surface area contributed by atoms with E-state index in [2.05, 4.69) is 10.5 Å². The van der Waals surface area contributed by atoms with Crippen LogP contribution >= 0.6 is 11.6 Å². The molecule has 5 heteroatoms. The Morgan fingerprint density at radius 1 is 1.11 bits per heavy atom. The molecule has 0 fully saturated rings. The molecule has 0 amide bonds.